The van der Waals surface area contributed by atoms with Crippen LogP contribution in [0.1, 0.15) is 19.8 Å². The summed E-state index contributed by atoms with van der Waals surface area (Å²) >= 11 is 0. The molecule has 2 rings (SSSR count). The highest BCUT2D eigenvalue weighted by molar-refractivity contribution is 5.76. The Morgan fingerprint density at radius 3 is 2.50 bits per heavy atom. The third-order valence-corrected chi connectivity index (χ3v) is 3.32. The molecule has 0 unspecified atom stereocenters. The molecular formula is C14H20N2O2. The molecule has 1 N–H and O–H groups in total. The lowest BCUT2D eigenvalue weighted by molar-refractivity contribution is -0.131. The minimum Gasteiger partial charge on any atom is -0.506 e. The van der Waals surface area contributed by atoms with Crippen LogP contribution in [0.4, 0.5) is 5.69 Å². The average Bonchev–Trinajstić information content (AvgIpc) is 2.40. The van der Waals surface area contributed by atoms with Crippen molar-refractivity contribution in [1.29, 1.82) is 0 Å². The molecule has 1 aromatic carbocycles. The van der Waals surface area contributed by atoms with Gasteiger partial charge in [0.2, 0.25) is 5.91 Å². The van der Waals surface area contributed by atoms with Crippen LogP contribution in [0.3, 0.4) is 0 Å². The average molecular weight is 248 g/mol. The number of carbonyl (C=O) groups excluding carboxylic acids is 1. The van der Waals surface area contributed by atoms with Gasteiger partial charge in [0, 0.05) is 32.6 Å². The molecule has 0 bridgehead atoms. The van der Waals surface area contributed by atoms with Gasteiger partial charge in [0.05, 0.1) is 5.69 Å². The fourth-order valence-electron chi connectivity index (χ4n) is 2.30. The lowest BCUT2D eigenvalue weighted by Gasteiger charge is -2.36. The molecule has 1 aliphatic rings. The number of piperazine rings is 1. The summed E-state index contributed by atoms with van der Waals surface area (Å²) in [7, 11) is 0. The van der Waals surface area contributed by atoms with Crippen molar-refractivity contribution in [3.63, 3.8) is 0 Å². The van der Waals surface area contributed by atoms with Crippen molar-refractivity contribution < 1.29 is 9.90 Å². The fraction of sp³-hybridized carbons (Fsp3) is 0.500. The molecule has 0 spiro atoms. The van der Waals surface area contributed by atoms with E-state index in [1.54, 1.807) is 6.07 Å². The van der Waals surface area contributed by atoms with Crippen LogP contribution in [-0.2, 0) is 4.79 Å². The molecule has 1 aromatic rings. The van der Waals surface area contributed by atoms with E-state index in [1.165, 1.54) is 0 Å². The van der Waals surface area contributed by atoms with Crippen molar-refractivity contribution in [2.45, 2.75) is 19.8 Å². The molecular weight excluding hydrogens is 228 g/mol. The number of phenols is 1. The second-order valence-electron chi connectivity index (χ2n) is 4.61. The second-order valence-corrected chi connectivity index (χ2v) is 4.61. The number of amides is 1. The first-order valence-corrected chi connectivity index (χ1v) is 6.53. The Balaban J connectivity index is 1.95. The molecule has 4 nitrogen and oxygen atoms in total. The van der Waals surface area contributed by atoms with E-state index < -0.39 is 0 Å². The summed E-state index contributed by atoms with van der Waals surface area (Å²) in [6.45, 7) is 5.08. The monoisotopic (exact) mass is 248 g/mol. The van der Waals surface area contributed by atoms with E-state index in [9.17, 15) is 9.90 Å². The van der Waals surface area contributed by atoms with Gasteiger partial charge in [-0.25, -0.2) is 0 Å². The molecule has 1 aliphatic heterocycles. The third-order valence-electron chi connectivity index (χ3n) is 3.32. The maximum Gasteiger partial charge on any atom is 0.222 e. The van der Waals surface area contributed by atoms with Crippen molar-refractivity contribution >= 4 is 11.6 Å². The van der Waals surface area contributed by atoms with E-state index in [4.69, 9.17) is 0 Å². The van der Waals surface area contributed by atoms with Crippen molar-refractivity contribution in [3.05, 3.63) is 24.3 Å². The van der Waals surface area contributed by atoms with Gasteiger partial charge in [-0.2, -0.15) is 0 Å². The van der Waals surface area contributed by atoms with E-state index in [2.05, 4.69) is 4.90 Å². The van der Waals surface area contributed by atoms with Gasteiger partial charge < -0.3 is 14.9 Å². The Morgan fingerprint density at radius 2 is 1.89 bits per heavy atom. The maximum atomic E-state index is 11.8. The Hall–Kier alpha value is -1.71. The van der Waals surface area contributed by atoms with Crippen LogP contribution in [0.15, 0.2) is 24.3 Å². The summed E-state index contributed by atoms with van der Waals surface area (Å²) in [5, 5.41) is 9.80. The van der Waals surface area contributed by atoms with Gasteiger partial charge in [-0.3, -0.25) is 4.79 Å². The zero-order chi connectivity index (χ0) is 13.0. The number of hydrogen-bond acceptors (Lipinski definition) is 3. The highest BCUT2D eigenvalue weighted by Crippen LogP contribution is 2.27. The summed E-state index contributed by atoms with van der Waals surface area (Å²) < 4.78 is 0. The van der Waals surface area contributed by atoms with Gasteiger partial charge in [-0.15, -0.1) is 0 Å². The first kappa shape index (κ1) is 12.7. The predicted octanol–water partition coefficient (Wildman–Crippen LogP) is 1.84. The lowest BCUT2D eigenvalue weighted by atomic mass is 10.2. The summed E-state index contributed by atoms with van der Waals surface area (Å²) in [6, 6.07) is 7.35. The summed E-state index contributed by atoms with van der Waals surface area (Å²) in [6.07, 6.45) is 1.54. The number of rotatable bonds is 3. The van der Waals surface area contributed by atoms with Crippen LogP contribution < -0.4 is 4.90 Å². The van der Waals surface area contributed by atoms with Gasteiger partial charge >= 0.3 is 0 Å². The number of para-hydroxylation sites is 2. The van der Waals surface area contributed by atoms with Crippen LogP contribution >= 0.6 is 0 Å². The molecule has 0 atom stereocenters. The molecule has 18 heavy (non-hydrogen) atoms. The summed E-state index contributed by atoms with van der Waals surface area (Å²) in [5.74, 6) is 0.556. The number of aromatic hydroxyl groups is 1. The first-order valence-electron chi connectivity index (χ1n) is 6.53. The van der Waals surface area contributed by atoms with Crippen LogP contribution in [0.25, 0.3) is 0 Å². The molecule has 1 saturated heterocycles. The first-order chi connectivity index (χ1) is 8.72. The van der Waals surface area contributed by atoms with E-state index in [-0.39, 0.29) is 5.91 Å². The predicted molar refractivity (Wildman–Crippen MR) is 71.8 cm³/mol. The third kappa shape index (κ3) is 2.75. The molecule has 0 aliphatic carbocycles. The Bertz CT molecular complexity index is 412. The zero-order valence-electron chi connectivity index (χ0n) is 10.8. The zero-order valence-corrected chi connectivity index (χ0v) is 10.8. The minimum atomic E-state index is 0.245. The molecule has 1 heterocycles. The molecule has 1 amide bonds. The van der Waals surface area contributed by atoms with Crippen molar-refractivity contribution in [3.8, 4) is 5.75 Å². The smallest absolute Gasteiger partial charge is 0.222 e. The molecule has 0 radical (unpaired) electrons. The number of anilines is 1. The number of benzene rings is 1. The van der Waals surface area contributed by atoms with Gasteiger partial charge in [-0.05, 0) is 18.6 Å². The van der Waals surface area contributed by atoms with Crippen molar-refractivity contribution in [2.24, 2.45) is 0 Å². The Kier molecular flexibility index (Phi) is 4.07. The largest absolute Gasteiger partial charge is 0.506 e. The van der Waals surface area contributed by atoms with Crippen molar-refractivity contribution in [1.82, 2.24) is 4.90 Å². The summed E-state index contributed by atoms with van der Waals surface area (Å²) in [4.78, 5) is 15.8. The van der Waals surface area contributed by atoms with E-state index >= 15 is 0 Å². The normalized spacial score (nSPS) is 15.8. The van der Waals surface area contributed by atoms with Crippen LogP contribution in [0.2, 0.25) is 0 Å². The molecule has 0 saturated carbocycles. The van der Waals surface area contributed by atoms with Crippen LogP contribution in [-0.4, -0.2) is 42.1 Å². The number of phenolic OH excluding ortho intramolecular Hbond substituents is 1. The topological polar surface area (TPSA) is 43.8 Å². The van der Waals surface area contributed by atoms with Gasteiger partial charge in [0.1, 0.15) is 5.75 Å². The molecule has 0 aromatic heterocycles. The number of carbonyl (C=O) groups is 1. The standard InChI is InChI=1S/C14H20N2O2/c1-2-5-14(18)16-10-8-15(9-11-16)12-6-3-4-7-13(12)17/h3-4,6-7,17H,2,5,8-11H2,1H3. The van der Waals surface area contributed by atoms with E-state index in [1.807, 2.05) is 30.0 Å². The highest BCUT2D eigenvalue weighted by Gasteiger charge is 2.21. The molecule has 1 fully saturated rings. The fourth-order valence-corrected chi connectivity index (χ4v) is 2.30. The quantitative estimate of drug-likeness (QED) is 0.887. The van der Waals surface area contributed by atoms with Gasteiger partial charge in [0.15, 0.2) is 0 Å². The van der Waals surface area contributed by atoms with Crippen LogP contribution in [0.5, 0.6) is 5.75 Å². The summed E-state index contributed by atoms with van der Waals surface area (Å²) in [5.41, 5.74) is 0.861. The Morgan fingerprint density at radius 1 is 1.22 bits per heavy atom. The minimum absolute atomic E-state index is 0.245. The SMILES string of the molecule is CCCC(=O)N1CCN(c2ccccc2O)CC1. The van der Waals surface area contributed by atoms with Crippen molar-refractivity contribution in [2.75, 3.05) is 31.1 Å². The van der Waals surface area contributed by atoms with Crippen LogP contribution in [0, 0.1) is 0 Å². The van der Waals surface area contributed by atoms with Gasteiger partial charge in [-0.1, -0.05) is 19.1 Å². The van der Waals surface area contributed by atoms with E-state index in [0.717, 1.165) is 38.3 Å². The van der Waals surface area contributed by atoms with Gasteiger partial charge in [0.25, 0.3) is 0 Å². The molecule has 4 heteroatoms. The second kappa shape index (κ2) is 5.76. The van der Waals surface area contributed by atoms with E-state index in [0.29, 0.717) is 12.2 Å². The highest BCUT2D eigenvalue weighted by atomic mass is 16.3. The number of nitrogens with zero attached hydrogens (tertiary/aromatic N) is 2. The Labute approximate surface area is 108 Å². The lowest BCUT2D eigenvalue weighted by Crippen LogP contribution is -2.48. The molecule has 98 valence electrons. The number of hydrogen-bond donors (Lipinski definition) is 1. The maximum absolute atomic E-state index is 11.8.